The van der Waals surface area contributed by atoms with Gasteiger partial charge in [-0.3, -0.25) is 10.1 Å². The van der Waals surface area contributed by atoms with E-state index in [1.807, 2.05) is 0 Å². The van der Waals surface area contributed by atoms with Crippen LogP contribution in [-0.4, -0.2) is 15.2 Å². The minimum Gasteiger partial charge on any atom is -0.502 e. The highest BCUT2D eigenvalue weighted by Gasteiger charge is 2.21. The maximum Gasteiger partial charge on any atom is 0.352 e. The van der Waals surface area contributed by atoms with Crippen LogP contribution < -0.4 is 4.74 Å². The van der Waals surface area contributed by atoms with E-state index >= 15 is 0 Å². The average Bonchev–Trinajstić information content (AvgIpc) is 3.13. The van der Waals surface area contributed by atoms with Crippen molar-refractivity contribution in [3.8, 4) is 22.1 Å². The van der Waals surface area contributed by atoms with Crippen LogP contribution in [0.4, 0.5) is 5.69 Å². The Morgan fingerprint density at radius 2 is 2.22 bits per heavy atom. The molecule has 118 valence electrons. The lowest BCUT2D eigenvalue weighted by Gasteiger charge is -2.05. The number of nitrogens with zero attached hydrogens (tertiary/aromatic N) is 2. The normalized spacial score (nSPS) is 10.7. The van der Waals surface area contributed by atoms with Crippen molar-refractivity contribution in [2.45, 2.75) is 6.61 Å². The fourth-order valence-electron chi connectivity index (χ4n) is 1.91. The van der Waals surface area contributed by atoms with E-state index in [0.29, 0.717) is 15.8 Å². The third-order valence-electron chi connectivity index (χ3n) is 2.91. The van der Waals surface area contributed by atoms with Crippen LogP contribution in [0, 0.1) is 10.1 Å². The minimum atomic E-state index is -0.702. The Morgan fingerprint density at radius 3 is 2.91 bits per heavy atom. The molecule has 0 saturated carbocycles. The lowest BCUT2D eigenvalue weighted by atomic mass is 10.2. The predicted octanol–water partition coefficient (Wildman–Crippen LogP) is 4.25. The highest BCUT2D eigenvalue weighted by Crippen LogP contribution is 2.36. The Bertz CT molecular complexity index is 860. The van der Waals surface area contributed by atoms with Crippen molar-refractivity contribution in [3.63, 3.8) is 0 Å². The van der Waals surface area contributed by atoms with Gasteiger partial charge in [-0.1, -0.05) is 22.8 Å². The van der Waals surface area contributed by atoms with Crippen molar-refractivity contribution in [2.24, 2.45) is 0 Å². The number of phenolic OH excluding ortho intramolecular Hbond substituents is 1. The summed E-state index contributed by atoms with van der Waals surface area (Å²) in [5, 5.41) is 24.4. The first-order chi connectivity index (χ1) is 11.0. The number of hydrogen-bond donors (Lipinski definition) is 1. The first-order valence-electron chi connectivity index (χ1n) is 6.35. The van der Waals surface area contributed by atoms with Crippen LogP contribution in [0.15, 0.2) is 40.9 Å². The first-order valence-corrected chi connectivity index (χ1v) is 7.54. The molecule has 1 aromatic carbocycles. The molecule has 0 amide bonds. The molecule has 1 N–H and O–H groups in total. The van der Waals surface area contributed by atoms with Crippen LogP contribution in [0.5, 0.6) is 11.5 Å². The topological polar surface area (TPSA) is 98.6 Å². The van der Waals surface area contributed by atoms with Crippen molar-refractivity contribution >= 4 is 28.6 Å². The summed E-state index contributed by atoms with van der Waals surface area (Å²) < 4.78 is 11.2. The maximum absolute atomic E-state index is 11.0. The monoisotopic (exact) mass is 352 g/mol. The molecule has 3 rings (SSSR count). The zero-order valence-corrected chi connectivity index (χ0v) is 13.0. The number of para-hydroxylation sites is 1. The van der Waals surface area contributed by atoms with Gasteiger partial charge in [-0.2, -0.15) is 0 Å². The van der Waals surface area contributed by atoms with Crippen LogP contribution in [0.1, 0.15) is 5.69 Å². The second-order valence-electron chi connectivity index (χ2n) is 4.46. The zero-order valence-electron chi connectivity index (χ0n) is 11.4. The molecule has 3 aromatic rings. The Labute approximate surface area is 138 Å². The molecule has 0 saturated heterocycles. The number of nitro benzene ring substituents is 1. The molecule has 0 atom stereocenters. The third kappa shape index (κ3) is 3.27. The van der Waals surface area contributed by atoms with Gasteiger partial charge in [0.2, 0.25) is 5.75 Å². The Kier molecular flexibility index (Phi) is 4.18. The molecule has 2 aromatic heterocycles. The molecule has 0 spiro atoms. The molecule has 0 aliphatic heterocycles. The maximum atomic E-state index is 11.0. The molecule has 9 heteroatoms. The van der Waals surface area contributed by atoms with Gasteiger partial charge in [0.1, 0.15) is 12.3 Å². The van der Waals surface area contributed by atoms with Crippen LogP contribution in [0.2, 0.25) is 4.34 Å². The smallest absolute Gasteiger partial charge is 0.352 e. The molecule has 7 nitrogen and oxygen atoms in total. The number of thiophene rings is 1. The summed E-state index contributed by atoms with van der Waals surface area (Å²) in [5.41, 5.74) is -0.0246. The second kappa shape index (κ2) is 6.27. The van der Waals surface area contributed by atoms with E-state index in [1.54, 1.807) is 18.2 Å². The van der Waals surface area contributed by atoms with Crippen molar-refractivity contribution in [1.82, 2.24) is 5.16 Å². The fraction of sp³-hybridized carbons (Fsp3) is 0.0714. The summed E-state index contributed by atoms with van der Waals surface area (Å²) >= 11 is 7.21. The standard InChI is InChI=1S/C14H9ClN2O5S/c15-13-5-4-12(23-13)11-6-8(16-22-11)7-21-10-3-1-2-9(18)14(10)17(19)20/h1-6,18H,7H2. The van der Waals surface area contributed by atoms with Crippen LogP contribution in [0.3, 0.4) is 0 Å². The number of hydrogen-bond acceptors (Lipinski definition) is 7. The van der Waals surface area contributed by atoms with Crippen molar-refractivity contribution in [3.05, 3.63) is 56.5 Å². The number of phenols is 1. The summed E-state index contributed by atoms with van der Waals surface area (Å²) in [6.45, 7) is -0.0348. The summed E-state index contributed by atoms with van der Waals surface area (Å²) in [7, 11) is 0. The van der Waals surface area contributed by atoms with E-state index < -0.39 is 16.4 Å². The first kappa shape index (κ1) is 15.3. The second-order valence-corrected chi connectivity index (χ2v) is 6.17. The molecular weight excluding hydrogens is 344 g/mol. The van der Waals surface area contributed by atoms with Crippen LogP contribution in [0.25, 0.3) is 10.6 Å². The molecule has 2 heterocycles. The molecule has 23 heavy (non-hydrogen) atoms. The number of ether oxygens (including phenoxy) is 1. The van der Waals surface area contributed by atoms with Gasteiger partial charge in [0, 0.05) is 6.07 Å². The number of aromatic hydroxyl groups is 1. The van der Waals surface area contributed by atoms with Gasteiger partial charge in [-0.15, -0.1) is 11.3 Å². The lowest BCUT2D eigenvalue weighted by molar-refractivity contribution is -0.386. The number of halogens is 1. The Morgan fingerprint density at radius 1 is 1.39 bits per heavy atom. The highest BCUT2D eigenvalue weighted by atomic mass is 35.5. The van der Waals surface area contributed by atoms with Crippen molar-refractivity contribution in [1.29, 1.82) is 0 Å². The molecule has 0 aliphatic rings. The predicted molar refractivity (Wildman–Crippen MR) is 83.9 cm³/mol. The minimum absolute atomic E-state index is 0.0348. The van der Waals surface area contributed by atoms with Crippen molar-refractivity contribution < 1.29 is 19.3 Å². The van der Waals surface area contributed by atoms with E-state index in [4.69, 9.17) is 20.9 Å². The molecule has 0 fully saturated rings. The van der Waals surface area contributed by atoms with Gasteiger partial charge < -0.3 is 14.4 Å². The summed E-state index contributed by atoms with van der Waals surface area (Å²) in [5.74, 6) is 0.0335. The summed E-state index contributed by atoms with van der Waals surface area (Å²) in [4.78, 5) is 11.1. The van der Waals surface area contributed by atoms with Gasteiger partial charge >= 0.3 is 5.69 Å². The SMILES string of the molecule is O=[N+]([O-])c1c(O)cccc1OCc1cc(-c2ccc(Cl)s2)on1. The number of nitro groups is 1. The molecule has 0 aliphatic carbocycles. The summed E-state index contributed by atoms with van der Waals surface area (Å²) in [6, 6.07) is 9.29. The Hall–Kier alpha value is -2.58. The van der Waals surface area contributed by atoms with E-state index in [2.05, 4.69) is 5.16 Å². The van der Waals surface area contributed by atoms with Crippen LogP contribution >= 0.6 is 22.9 Å². The van der Waals surface area contributed by atoms with E-state index in [-0.39, 0.29) is 12.4 Å². The van der Waals surface area contributed by atoms with Crippen molar-refractivity contribution in [2.75, 3.05) is 0 Å². The quantitative estimate of drug-likeness (QED) is 0.544. The van der Waals surface area contributed by atoms with Gasteiger partial charge in [0.05, 0.1) is 14.1 Å². The molecule has 0 bridgehead atoms. The Balaban J connectivity index is 1.76. The highest BCUT2D eigenvalue weighted by molar-refractivity contribution is 7.19. The van der Waals surface area contributed by atoms with E-state index in [9.17, 15) is 15.2 Å². The average molecular weight is 353 g/mol. The van der Waals surface area contributed by atoms with Gasteiger partial charge in [-0.05, 0) is 24.3 Å². The number of rotatable bonds is 5. The molecular formula is C14H9ClN2O5S. The fourth-order valence-corrected chi connectivity index (χ4v) is 2.90. The largest absolute Gasteiger partial charge is 0.502 e. The van der Waals surface area contributed by atoms with E-state index in [1.165, 1.54) is 29.5 Å². The number of aromatic nitrogens is 1. The summed E-state index contributed by atoms with van der Waals surface area (Å²) in [6.07, 6.45) is 0. The zero-order chi connectivity index (χ0) is 16.4. The lowest BCUT2D eigenvalue weighted by Crippen LogP contribution is -1.99. The van der Waals surface area contributed by atoms with Crippen LogP contribution in [-0.2, 0) is 6.61 Å². The van der Waals surface area contributed by atoms with Gasteiger partial charge in [0.15, 0.2) is 11.5 Å². The van der Waals surface area contributed by atoms with Gasteiger partial charge in [-0.25, -0.2) is 0 Å². The molecule has 0 radical (unpaired) electrons. The third-order valence-corrected chi connectivity index (χ3v) is 4.16. The number of benzene rings is 1. The van der Waals surface area contributed by atoms with Gasteiger partial charge in [0.25, 0.3) is 0 Å². The molecule has 0 unspecified atom stereocenters. The van der Waals surface area contributed by atoms with E-state index in [0.717, 1.165) is 4.88 Å².